The van der Waals surface area contributed by atoms with Crippen molar-refractivity contribution >= 4 is 17.7 Å². The second-order valence-corrected chi connectivity index (χ2v) is 5.85. The molecule has 0 bridgehead atoms. The number of carbonyl (C=O) groups is 2. The van der Waals surface area contributed by atoms with E-state index in [1.165, 1.54) is 16.8 Å². The number of esters is 1. The Morgan fingerprint density at radius 3 is 2.68 bits per heavy atom. The van der Waals surface area contributed by atoms with Gasteiger partial charge in [0.25, 0.3) is 0 Å². The van der Waals surface area contributed by atoms with E-state index in [0.29, 0.717) is 11.4 Å². The molecular weight excluding hydrogens is 363 g/mol. The third-order valence-electron chi connectivity index (χ3n) is 3.81. The number of amides is 2. The molecule has 0 aliphatic carbocycles. The number of urea groups is 1. The Labute approximate surface area is 161 Å². The molecule has 8 heteroatoms. The number of hydrogen-bond acceptors (Lipinski definition) is 4. The summed E-state index contributed by atoms with van der Waals surface area (Å²) in [5.74, 6) is -0.814. The quantitative estimate of drug-likeness (QED) is 0.639. The summed E-state index contributed by atoms with van der Waals surface area (Å²) >= 11 is 0. The number of nitrogens with zero attached hydrogens (tertiary/aromatic N) is 2. The monoisotopic (exact) mass is 382 g/mol. The Bertz CT molecular complexity index is 970. The predicted octanol–water partition coefficient (Wildman–Crippen LogP) is 3.51. The zero-order chi connectivity index (χ0) is 19.9. The van der Waals surface area contributed by atoms with Crippen LogP contribution in [0.4, 0.5) is 14.9 Å². The summed E-state index contributed by atoms with van der Waals surface area (Å²) in [7, 11) is 0. The first-order chi connectivity index (χ1) is 13.5. The Hall–Kier alpha value is -3.68. The van der Waals surface area contributed by atoms with Gasteiger partial charge in [-0.05, 0) is 48.9 Å². The maximum Gasteiger partial charge on any atom is 0.358 e. The number of carbonyl (C=O) groups excluding carboxylic acids is 2. The summed E-state index contributed by atoms with van der Waals surface area (Å²) in [5.41, 5.74) is 2.22. The highest BCUT2D eigenvalue weighted by molar-refractivity contribution is 5.89. The van der Waals surface area contributed by atoms with Crippen molar-refractivity contribution in [3.05, 3.63) is 77.9 Å². The first-order valence-corrected chi connectivity index (χ1v) is 8.67. The molecule has 28 heavy (non-hydrogen) atoms. The van der Waals surface area contributed by atoms with Crippen LogP contribution in [-0.2, 0) is 11.3 Å². The van der Waals surface area contributed by atoms with Crippen LogP contribution >= 0.6 is 0 Å². The van der Waals surface area contributed by atoms with Gasteiger partial charge >= 0.3 is 12.0 Å². The minimum atomic E-state index is -0.490. The summed E-state index contributed by atoms with van der Waals surface area (Å²) in [6.07, 6.45) is 1.64. The van der Waals surface area contributed by atoms with E-state index in [4.69, 9.17) is 4.74 Å². The molecule has 0 aliphatic rings. The van der Waals surface area contributed by atoms with Gasteiger partial charge in [0.1, 0.15) is 5.82 Å². The molecule has 2 amide bonds. The average molecular weight is 382 g/mol. The van der Waals surface area contributed by atoms with Gasteiger partial charge in [0.2, 0.25) is 0 Å². The fraction of sp³-hybridized carbons (Fsp3) is 0.150. The lowest BCUT2D eigenvalue weighted by molar-refractivity contribution is 0.0519. The molecule has 0 fully saturated rings. The summed E-state index contributed by atoms with van der Waals surface area (Å²) in [6.45, 7) is 2.27. The molecule has 0 aliphatic heterocycles. The molecule has 144 valence electrons. The maximum absolute atomic E-state index is 12.9. The second-order valence-electron chi connectivity index (χ2n) is 5.85. The van der Waals surface area contributed by atoms with Crippen molar-refractivity contribution in [2.24, 2.45) is 0 Å². The number of aromatic nitrogens is 2. The average Bonchev–Trinajstić information content (AvgIpc) is 3.18. The van der Waals surface area contributed by atoms with Crippen molar-refractivity contribution in [3.8, 4) is 5.69 Å². The van der Waals surface area contributed by atoms with E-state index in [-0.39, 0.29) is 24.7 Å². The molecule has 2 aromatic carbocycles. The Morgan fingerprint density at radius 1 is 1.14 bits per heavy atom. The lowest BCUT2D eigenvalue weighted by atomic mass is 10.2. The number of ether oxygens (including phenoxy) is 1. The predicted molar refractivity (Wildman–Crippen MR) is 102 cm³/mol. The third kappa shape index (κ3) is 4.94. The van der Waals surface area contributed by atoms with E-state index in [1.807, 2.05) is 0 Å². The van der Waals surface area contributed by atoms with Gasteiger partial charge in [0, 0.05) is 18.4 Å². The zero-order valence-corrected chi connectivity index (χ0v) is 15.2. The minimum absolute atomic E-state index is 0.206. The van der Waals surface area contributed by atoms with Crippen molar-refractivity contribution in [1.82, 2.24) is 15.1 Å². The number of rotatable bonds is 6. The largest absolute Gasteiger partial charge is 0.461 e. The summed E-state index contributed by atoms with van der Waals surface area (Å²) in [5, 5.41) is 9.62. The smallest absolute Gasteiger partial charge is 0.358 e. The van der Waals surface area contributed by atoms with Gasteiger partial charge in [0.15, 0.2) is 5.69 Å². The van der Waals surface area contributed by atoms with Gasteiger partial charge in [-0.25, -0.2) is 18.7 Å². The Morgan fingerprint density at radius 2 is 1.93 bits per heavy atom. The lowest BCUT2D eigenvalue weighted by Crippen LogP contribution is -2.28. The third-order valence-corrected chi connectivity index (χ3v) is 3.81. The van der Waals surface area contributed by atoms with Gasteiger partial charge in [0.05, 0.1) is 12.3 Å². The molecule has 3 aromatic rings. The van der Waals surface area contributed by atoms with Gasteiger partial charge in [-0.1, -0.05) is 18.2 Å². The number of anilines is 1. The van der Waals surface area contributed by atoms with Gasteiger partial charge < -0.3 is 15.4 Å². The molecule has 0 saturated heterocycles. The van der Waals surface area contributed by atoms with Crippen LogP contribution in [0.1, 0.15) is 23.0 Å². The number of halogens is 1. The fourth-order valence-electron chi connectivity index (χ4n) is 2.47. The molecule has 0 radical (unpaired) electrons. The molecule has 3 rings (SSSR count). The molecule has 1 heterocycles. The SMILES string of the molecule is CCOC(=O)c1ccn(-c2cccc(NC(=O)NCc3ccc(F)cc3)c2)n1. The van der Waals surface area contributed by atoms with Crippen LogP contribution in [-0.4, -0.2) is 28.4 Å². The second kappa shape index (κ2) is 8.81. The Balaban J connectivity index is 1.62. The molecule has 1 aromatic heterocycles. The van der Waals surface area contributed by atoms with Crippen LogP contribution < -0.4 is 10.6 Å². The fourth-order valence-corrected chi connectivity index (χ4v) is 2.47. The van der Waals surface area contributed by atoms with Gasteiger partial charge in [-0.2, -0.15) is 5.10 Å². The molecule has 2 N–H and O–H groups in total. The van der Waals surface area contributed by atoms with Crippen LogP contribution in [0.15, 0.2) is 60.8 Å². The highest BCUT2D eigenvalue weighted by Crippen LogP contribution is 2.15. The van der Waals surface area contributed by atoms with E-state index < -0.39 is 12.0 Å². The molecule has 7 nitrogen and oxygen atoms in total. The van der Waals surface area contributed by atoms with E-state index >= 15 is 0 Å². The van der Waals surface area contributed by atoms with Crippen molar-refractivity contribution in [2.75, 3.05) is 11.9 Å². The molecule has 0 atom stereocenters. The van der Waals surface area contributed by atoms with Crippen LogP contribution in [0.5, 0.6) is 0 Å². The first-order valence-electron chi connectivity index (χ1n) is 8.67. The van der Waals surface area contributed by atoms with Crippen molar-refractivity contribution in [1.29, 1.82) is 0 Å². The summed E-state index contributed by atoms with van der Waals surface area (Å²) in [4.78, 5) is 23.8. The number of hydrogen-bond donors (Lipinski definition) is 2. The van der Waals surface area contributed by atoms with Gasteiger partial charge in [-0.15, -0.1) is 0 Å². The van der Waals surface area contributed by atoms with E-state index in [1.54, 1.807) is 55.6 Å². The van der Waals surface area contributed by atoms with E-state index in [2.05, 4.69) is 15.7 Å². The number of benzene rings is 2. The van der Waals surface area contributed by atoms with Crippen LogP contribution in [0.2, 0.25) is 0 Å². The van der Waals surface area contributed by atoms with Crippen molar-refractivity contribution in [3.63, 3.8) is 0 Å². The topological polar surface area (TPSA) is 85.2 Å². The van der Waals surface area contributed by atoms with E-state index in [0.717, 1.165) is 5.56 Å². The molecular formula is C20H19FN4O3. The lowest BCUT2D eigenvalue weighted by Gasteiger charge is -2.09. The minimum Gasteiger partial charge on any atom is -0.461 e. The van der Waals surface area contributed by atoms with Gasteiger partial charge in [-0.3, -0.25) is 0 Å². The van der Waals surface area contributed by atoms with E-state index in [9.17, 15) is 14.0 Å². The van der Waals surface area contributed by atoms with Crippen molar-refractivity contribution in [2.45, 2.75) is 13.5 Å². The summed E-state index contributed by atoms with van der Waals surface area (Å²) in [6, 6.07) is 14.1. The standard InChI is InChI=1S/C20H19FN4O3/c1-2-28-19(26)18-10-11-25(24-18)17-5-3-4-16(12-17)23-20(27)22-13-14-6-8-15(21)9-7-14/h3-12H,2,13H2,1H3,(H2,22,23,27). The van der Waals surface area contributed by atoms with Crippen LogP contribution in [0.25, 0.3) is 5.69 Å². The molecule has 0 saturated carbocycles. The maximum atomic E-state index is 12.9. The summed E-state index contributed by atoms with van der Waals surface area (Å²) < 4.78 is 19.3. The van der Waals surface area contributed by atoms with Crippen molar-refractivity contribution < 1.29 is 18.7 Å². The Kier molecular flexibility index (Phi) is 6.01. The molecule has 0 spiro atoms. The number of nitrogens with one attached hydrogen (secondary N) is 2. The van der Waals surface area contributed by atoms with Crippen LogP contribution in [0, 0.1) is 5.82 Å². The first kappa shape index (κ1) is 19.1. The highest BCUT2D eigenvalue weighted by Gasteiger charge is 2.11. The highest BCUT2D eigenvalue weighted by atomic mass is 19.1. The molecule has 0 unspecified atom stereocenters. The zero-order valence-electron chi connectivity index (χ0n) is 15.2. The van der Waals surface area contributed by atoms with Crippen LogP contribution in [0.3, 0.4) is 0 Å². The normalized spacial score (nSPS) is 10.4.